The number of benzene rings is 1. The lowest BCUT2D eigenvalue weighted by Crippen LogP contribution is -2.37. The summed E-state index contributed by atoms with van der Waals surface area (Å²) in [6.45, 7) is 2.62. The normalized spacial score (nSPS) is 18.6. The van der Waals surface area contributed by atoms with Gasteiger partial charge in [0.05, 0.1) is 5.92 Å². The Kier molecular flexibility index (Phi) is 4.54. The van der Waals surface area contributed by atoms with Gasteiger partial charge in [0.15, 0.2) is 11.5 Å². The van der Waals surface area contributed by atoms with Gasteiger partial charge in [0.25, 0.3) is 0 Å². The van der Waals surface area contributed by atoms with Gasteiger partial charge < -0.3 is 25.0 Å². The molecule has 0 spiro atoms. The van der Waals surface area contributed by atoms with Crippen molar-refractivity contribution in [2.75, 3.05) is 31.3 Å². The van der Waals surface area contributed by atoms with Crippen LogP contribution in [0.4, 0.5) is 5.69 Å². The highest BCUT2D eigenvalue weighted by Gasteiger charge is 2.35. The Hall–Kier alpha value is -2.77. The summed E-state index contributed by atoms with van der Waals surface area (Å²) in [5.41, 5.74) is 0.692. The van der Waals surface area contributed by atoms with Crippen LogP contribution < -0.4 is 25.0 Å². The van der Waals surface area contributed by atoms with Crippen LogP contribution in [0.3, 0.4) is 0 Å². The summed E-state index contributed by atoms with van der Waals surface area (Å²) in [6.07, 6.45) is 0.167. The van der Waals surface area contributed by atoms with Crippen LogP contribution in [0.5, 0.6) is 11.5 Å². The van der Waals surface area contributed by atoms with Crippen molar-refractivity contribution in [1.82, 2.24) is 10.6 Å². The summed E-state index contributed by atoms with van der Waals surface area (Å²) in [7, 11) is 0. The molecule has 2 aliphatic heterocycles. The average molecular weight is 333 g/mol. The molecule has 2 aliphatic rings. The summed E-state index contributed by atoms with van der Waals surface area (Å²) in [5.74, 6) is 0.420. The Balaban J connectivity index is 1.57. The molecule has 1 aromatic carbocycles. The highest BCUT2D eigenvalue weighted by Crippen LogP contribution is 2.37. The van der Waals surface area contributed by atoms with Crippen molar-refractivity contribution in [1.29, 1.82) is 0 Å². The van der Waals surface area contributed by atoms with Crippen LogP contribution in [0.2, 0.25) is 0 Å². The minimum atomic E-state index is -0.403. The molecule has 2 N–H and O–H groups in total. The maximum atomic E-state index is 12.2. The summed E-state index contributed by atoms with van der Waals surface area (Å²) in [4.78, 5) is 36.7. The zero-order valence-electron chi connectivity index (χ0n) is 13.3. The summed E-state index contributed by atoms with van der Waals surface area (Å²) in [6, 6.07) is 5.28. The van der Waals surface area contributed by atoms with E-state index in [1.54, 1.807) is 23.1 Å². The fraction of sp³-hybridized carbons (Fsp3) is 0.438. The Bertz CT molecular complexity index is 676. The van der Waals surface area contributed by atoms with Gasteiger partial charge in [-0.05, 0) is 12.1 Å². The molecule has 0 unspecified atom stereocenters. The topological polar surface area (TPSA) is 97.0 Å². The van der Waals surface area contributed by atoms with E-state index >= 15 is 0 Å². The number of anilines is 1. The van der Waals surface area contributed by atoms with Crippen molar-refractivity contribution in [3.8, 4) is 11.5 Å². The highest BCUT2D eigenvalue weighted by atomic mass is 16.7. The summed E-state index contributed by atoms with van der Waals surface area (Å²) >= 11 is 0. The third-order valence-electron chi connectivity index (χ3n) is 3.96. The van der Waals surface area contributed by atoms with Crippen molar-refractivity contribution in [2.24, 2.45) is 5.92 Å². The Labute approximate surface area is 139 Å². The number of nitrogens with one attached hydrogen (secondary N) is 2. The monoisotopic (exact) mass is 333 g/mol. The van der Waals surface area contributed by atoms with E-state index in [1.165, 1.54) is 6.92 Å². The predicted molar refractivity (Wildman–Crippen MR) is 84.7 cm³/mol. The van der Waals surface area contributed by atoms with Gasteiger partial charge in [0, 0.05) is 44.7 Å². The smallest absolute Gasteiger partial charge is 0.231 e. The number of carbonyl (C=O) groups excluding carboxylic acids is 3. The molecule has 24 heavy (non-hydrogen) atoms. The maximum absolute atomic E-state index is 12.2. The third kappa shape index (κ3) is 3.42. The lowest BCUT2D eigenvalue weighted by atomic mass is 10.1. The maximum Gasteiger partial charge on any atom is 0.231 e. The molecule has 1 saturated heterocycles. The Morgan fingerprint density at radius 1 is 1.21 bits per heavy atom. The van der Waals surface area contributed by atoms with E-state index in [1.807, 2.05) is 0 Å². The number of carbonyl (C=O) groups is 3. The van der Waals surface area contributed by atoms with Gasteiger partial charge >= 0.3 is 0 Å². The molecular weight excluding hydrogens is 314 g/mol. The van der Waals surface area contributed by atoms with Crippen LogP contribution >= 0.6 is 0 Å². The fourth-order valence-corrected chi connectivity index (χ4v) is 2.75. The number of fused-ring (bicyclic) bond motifs is 1. The molecule has 128 valence electrons. The molecule has 1 aromatic rings. The molecule has 1 fully saturated rings. The number of nitrogens with zero attached hydrogens (tertiary/aromatic N) is 1. The third-order valence-corrected chi connectivity index (χ3v) is 3.96. The van der Waals surface area contributed by atoms with E-state index in [2.05, 4.69) is 10.6 Å². The number of rotatable bonds is 5. The van der Waals surface area contributed by atoms with Gasteiger partial charge in [-0.3, -0.25) is 14.4 Å². The first kappa shape index (κ1) is 16.1. The molecule has 0 bridgehead atoms. The Morgan fingerprint density at radius 3 is 2.75 bits per heavy atom. The minimum absolute atomic E-state index is 0.101. The Morgan fingerprint density at radius 2 is 1.96 bits per heavy atom. The van der Waals surface area contributed by atoms with Gasteiger partial charge in [-0.15, -0.1) is 0 Å². The molecule has 3 rings (SSSR count). The van der Waals surface area contributed by atoms with Crippen molar-refractivity contribution in [3.63, 3.8) is 0 Å². The van der Waals surface area contributed by atoms with Crippen LogP contribution in [0, 0.1) is 5.92 Å². The second-order valence-corrected chi connectivity index (χ2v) is 5.72. The van der Waals surface area contributed by atoms with Gasteiger partial charge in [-0.1, -0.05) is 0 Å². The van der Waals surface area contributed by atoms with E-state index in [9.17, 15) is 14.4 Å². The predicted octanol–water partition coefficient (Wildman–Crippen LogP) is 0.0205. The number of hydrogen-bond donors (Lipinski definition) is 2. The first-order valence-corrected chi connectivity index (χ1v) is 7.77. The molecule has 8 heteroatoms. The molecule has 0 radical (unpaired) electrons. The van der Waals surface area contributed by atoms with Crippen molar-refractivity contribution >= 4 is 23.4 Å². The largest absolute Gasteiger partial charge is 0.454 e. The highest BCUT2D eigenvalue weighted by molar-refractivity contribution is 6.00. The van der Waals surface area contributed by atoms with E-state index in [-0.39, 0.29) is 30.9 Å². The lowest BCUT2D eigenvalue weighted by Gasteiger charge is -2.17. The quantitative estimate of drug-likeness (QED) is 0.741. The van der Waals surface area contributed by atoms with Gasteiger partial charge in [-0.25, -0.2) is 0 Å². The first-order chi connectivity index (χ1) is 11.5. The van der Waals surface area contributed by atoms with Crippen LogP contribution in [0.25, 0.3) is 0 Å². The van der Waals surface area contributed by atoms with E-state index in [0.717, 1.165) is 0 Å². The zero-order chi connectivity index (χ0) is 17.1. The van der Waals surface area contributed by atoms with Crippen LogP contribution in [0.1, 0.15) is 13.3 Å². The number of ether oxygens (including phenoxy) is 2. The molecule has 8 nitrogen and oxygen atoms in total. The van der Waals surface area contributed by atoms with E-state index in [0.29, 0.717) is 36.8 Å². The number of amides is 3. The minimum Gasteiger partial charge on any atom is -0.454 e. The molecule has 1 atom stereocenters. The van der Waals surface area contributed by atoms with Crippen molar-refractivity contribution in [3.05, 3.63) is 18.2 Å². The average Bonchev–Trinajstić information content (AvgIpc) is 3.16. The second-order valence-electron chi connectivity index (χ2n) is 5.72. The van der Waals surface area contributed by atoms with E-state index in [4.69, 9.17) is 9.47 Å². The SMILES string of the molecule is CC(=O)NCCNC(=O)[C@@H]1CC(=O)N(c2ccc3c(c2)OCO3)C1. The fourth-order valence-electron chi connectivity index (χ4n) is 2.75. The molecule has 0 aromatic heterocycles. The molecule has 0 saturated carbocycles. The second kappa shape index (κ2) is 6.77. The van der Waals surface area contributed by atoms with Gasteiger partial charge in [-0.2, -0.15) is 0 Å². The molecule has 0 aliphatic carbocycles. The van der Waals surface area contributed by atoms with Crippen molar-refractivity contribution < 1.29 is 23.9 Å². The van der Waals surface area contributed by atoms with Crippen molar-refractivity contribution in [2.45, 2.75) is 13.3 Å². The molecule has 2 heterocycles. The first-order valence-electron chi connectivity index (χ1n) is 7.77. The summed E-state index contributed by atoms with van der Waals surface area (Å²) < 4.78 is 10.6. The van der Waals surface area contributed by atoms with Gasteiger partial charge in [0.1, 0.15) is 0 Å². The zero-order valence-corrected chi connectivity index (χ0v) is 13.3. The number of hydrogen-bond acceptors (Lipinski definition) is 5. The van der Waals surface area contributed by atoms with Crippen LogP contribution in [-0.2, 0) is 14.4 Å². The molecular formula is C16H19N3O5. The standard InChI is InChI=1S/C16H19N3O5/c1-10(20)17-4-5-18-16(22)11-6-15(21)19(8-11)12-2-3-13-14(7-12)24-9-23-13/h2-3,7,11H,4-6,8-9H2,1H3,(H,17,20)(H,18,22)/t11-/m1/s1. The van der Waals surface area contributed by atoms with Crippen LogP contribution in [-0.4, -0.2) is 44.1 Å². The van der Waals surface area contributed by atoms with Crippen LogP contribution in [0.15, 0.2) is 18.2 Å². The summed E-state index contributed by atoms with van der Waals surface area (Å²) in [5, 5.41) is 5.34. The lowest BCUT2D eigenvalue weighted by molar-refractivity contribution is -0.126. The molecule has 3 amide bonds. The van der Waals surface area contributed by atoms with Gasteiger partial charge in [0.2, 0.25) is 24.5 Å². The van der Waals surface area contributed by atoms with E-state index < -0.39 is 5.92 Å².